The van der Waals surface area contributed by atoms with Crippen LogP contribution in [0.2, 0.25) is 0 Å². The van der Waals surface area contributed by atoms with Crippen LogP contribution in [0.15, 0.2) is 24.3 Å². The van der Waals surface area contributed by atoms with Crippen LogP contribution < -0.4 is 10.6 Å². The molecule has 1 amide bonds. The number of amides is 1. The lowest BCUT2D eigenvalue weighted by Crippen LogP contribution is -2.13. The Morgan fingerprint density at radius 3 is 2.81 bits per heavy atom. The van der Waals surface area contributed by atoms with Gasteiger partial charge in [0, 0.05) is 30.2 Å². The molecule has 0 spiro atoms. The third kappa shape index (κ3) is 4.56. The normalized spacial score (nSPS) is 10.2. The van der Waals surface area contributed by atoms with E-state index in [0.717, 1.165) is 11.3 Å². The van der Waals surface area contributed by atoms with Crippen molar-refractivity contribution in [3.63, 3.8) is 0 Å². The molecule has 0 aliphatic rings. The molecule has 0 unspecified atom stereocenters. The van der Waals surface area contributed by atoms with Crippen molar-refractivity contribution >= 4 is 33.6 Å². The molecule has 0 aliphatic carbocycles. The Labute approximate surface area is 154 Å². The number of rotatable bonds is 8. The summed E-state index contributed by atoms with van der Waals surface area (Å²) in [5.41, 5.74) is 0.636. The zero-order valence-electron chi connectivity index (χ0n) is 14.4. The number of nitrogens with zero attached hydrogens (tertiary/aromatic N) is 2. The Hall–Kier alpha value is -2.96. The van der Waals surface area contributed by atoms with Crippen LogP contribution in [0.4, 0.5) is 16.4 Å². The highest BCUT2D eigenvalue weighted by molar-refractivity contribution is 7.16. The summed E-state index contributed by atoms with van der Waals surface area (Å²) < 4.78 is 4.90. The van der Waals surface area contributed by atoms with Crippen LogP contribution in [0.3, 0.4) is 0 Å². The molecule has 2 N–H and O–H groups in total. The summed E-state index contributed by atoms with van der Waals surface area (Å²) in [6.07, 6.45) is 0.753. The third-order valence-corrected chi connectivity index (χ3v) is 4.75. The fraction of sp³-hybridized carbons (Fsp3) is 0.294. The molecule has 0 aliphatic heterocycles. The summed E-state index contributed by atoms with van der Waals surface area (Å²) >= 11 is 1.32. The zero-order valence-corrected chi connectivity index (χ0v) is 15.2. The number of nitro groups is 1. The average Bonchev–Trinajstić information content (AvgIpc) is 3.03. The van der Waals surface area contributed by atoms with E-state index in [2.05, 4.69) is 10.6 Å². The minimum Gasteiger partial charge on any atom is -0.383 e. The summed E-state index contributed by atoms with van der Waals surface area (Å²) in [6.45, 7) is 2.76. The molecule has 26 heavy (non-hydrogen) atoms. The number of benzene rings is 1. The maximum Gasteiger partial charge on any atom is 0.293 e. The van der Waals surface area contributed by atoms with Crippen molar-refractivity contribution in [2.24, 2.45) is 0 Å². The molecule has 2 aromatic rings. The lowest BCUT2D eigenvalue weighted by molar-refractivity contribution is -0.384. The van der Waals surface area contributed by atoms with Crippen LogP contribution in [0.25, 0.3) is 0 Å². The van der Waals surface area contributed by atoms with Gasteiger partial charge in [-0.2, -0.15) is 5.26 Å². The van der Waals surface area contributed by atoms with Gasteiger partial charge in [-0.05, 0) is 24.6 Å². The molecule has 8 nitrogen and oxygen atoms in total. The molecule has 0 bridgehead atoms. The number of hydrogen-bond acceptors (Lipinski definition) is 7. The number of thiophene rings is 1. The van der Waals surface area contributed by atoms with Crippen LogP contribution in [0, 0.1) is 21.4 Å². The summed E-state index contributed by atoms with van der Waals surface area (Å²) in [5, 5.41) is 26.5. The van der Waals surface area contributed by atoms with Gasteiger partial charge < -0.3 is 15.4 Å². The number of nitriles is 1. The zero-order chi connectivity index (χ0) is 19.1. The Kier molecular flexibility index (Phi) is 6.66. The van der Waals surface area contributed by atoms with Gasteiger partial charge in [0.05, 0.1) is 17.1 Å². The van der Waals surface area contributed by atoms with E-state index in [1.807, 2.05) is 13.0 Å². The van der Waals surface area contributed by atoms with E-state index >= 15 is 0 Å². The van der Waals surface area contributed by atoms with E-state index < -0.39 is 10.8 Å². The van der Waals surface area contributed by atoms with Crippen molar-refractivity contribution in [3.05, 3.63) is 50.4 Å². The molecule has 0 saturated carbocycles. The number of nitro benzene ring substituents is 1. The first kappa shape index (κ1) is 19.4. The summed E-state index contributed by atoms with van der Waals surface area (Å²) in [7, 11) is 1.54. The largest absolute Gasteiger partial charge is 0.383 e. The van der Waals surface area contributed by atoms with Crippen molar-refractivity contribution in [1.29, 1.82) is 5.26 Å². The first-order chi connectivity index (χ1) is 12.5. The monoisotopic (exact) mass is 374 g/mol. The fourth-order valence-corrected chi connectivity index (χ4v) is 3.17. The second-order valence-corrected chi connectivity index (χ2v) is 6.42. The van der Waals surface area contributed by atoms with Crippen molar-refractivity contribution in [2.75, 3.05) is 30.9 Å². The van der Waals surface area contributed by atoms with Gasteiger partial charge >= 0.3 is 0 Å². The van der Waals surface area contributed by atoms with Gasteiger partial charge in [-0.1, -0.05) is 6.92 Å². The predicted molar refractivity (Wildman–Crippen MR) is 99.8 cm³/mol. The summed E-state index contributed by atoms with van der Waals surface area (Å²) in [6, 6.07) is 7.96. The number of carbonyl (C=O) groups excluding carboxylic acids is 1. The molecular weight excluding hydrogens is 356 g/mol. The predicted octanol–water partition coefficient (Wildman–Crippen LogP) is 3.40. The third-order valence-electron chi connectivity index (χ3n) is 3.56. The molecule has 1 heterocycles. The maximum absolute atomic E-state index is 12.4. The molecule has 1 aromatic carbocycles. The Morgan fingerprint density at radius 2 is 2.19 bits per heavy atom. The van der Waals surface area contributed by atoms with E-state index in [1.54, 1.807) is 6.07 Å². The maximum atomic E-state index is 12.4. The average molecular weight is 374 g/mol. The minimum absolute atomic E-state index is 0.143. The second-order valence-electron chi connectivity index (χ2n) is 5.28. The number of nitrogens with one attached hydrogen (secondary N) is 2. The summed E-state index contributed by atoms with van der Waals surface area (Å²) in [4.78, 5) is 24.2. The topological polar surface area (TPSA) is 117 Å². The van der Waals surface area contributed by atoms with Crippen LogP contribution in [0.1, 0.15) is 27.7 Å². The van der Waals surface area contributed by atoms with Crippen molar-refractivity contribution in [1.82, 2.24) is 0 Å². The van der Waals surface area contributed by atoms with Gasteiger partial charge in [-0.25, -0.2) is 0 Å². The molecule has 1 aromatic heterocycles. The SMILES string of the molecule is CCc1cc(C#N)c(NC(=O)c2ccc(NCCOC)c([N+](=O)[O-])c2)s1. The molecule has 0 atom stereocenters. The Balaban J connectivity index is 2.24. The van der Waals surface area contributed by atoms with Crippen LogP contribution in [-0.2, 0) is 11.2 Å². The highest BCUT2D eigenvalue weighted by Crippen LogP contribution is 2.30. The van der Waals surface area contributed by atoms with E-state index in [1.165, 1.54) is 36.6 Å². The number of hydrogen-bond donors (Lipinski definition) is 2. The van der Waals surface area contributed by atoms with E-state index in [4.69, 9.17) is 10.00 Å². The number of methoxy groups -OCH3 is 1. The van der Waals surface area contributed by atoms with Crippen LogP contribution in [0.5, 0.6) is 0 Å². The van der Waals surface area contributed by atoms with Gasteiger partial charge in [0.2, 0.25) is 0 Å². The van der Waals surface area contributed by atoms with Gasteiger partial charge in [-0.15, -0.1) is 11.3 Å². The first-order valence-corrected chi connectivity index (χ1v) is 8.67. The number of anilines is 2. The second kappa shape index (κ2) is 8.94. The number of aryl methyl sites for hydroxylation is 1. The Morgan fingerprint density at radius 1 is 1.42 bits per heavy atom. The Bertz CT molecular complexity index is 857. The number of carbonyl (C=O) groups is 1. The fourth-order valence-electron chi connectivity index (χ4n) is 2.23. The van der Waals surface area contributed by atoms with Gasteiger partial charge in [-0.3, -0.25) is 14.9 Å². The first-order valence-electron chi connectivity index (χ1n) is 7.85. The highest BCUT2D eigenvalue weighted by atomic mass is 32.1. The molecule has 2 rings (SSSR count). The quantitative estimate of drug-likeness (QED) is 0.415. The number of ether oxygens (including phenoxy) is 1. The minimum atomic E-state index is -0.549. The van der Waals surface area contributed by atoms with Gasteiger partial charge in [0.25, 0.3) is 11.6 Å². The molecule has 0 saturated heterocycles. The van der Waals surface area contributed by atoms with E-state index in [0.29, 0.717) is 29.4 Å². The van der Waals surface area contributed by atoms with Crippen molar-refractivity contribution < 1.29 is 14.5 Å². The summed E-state index contributed by atoms with van der Waals surface area (Å²) in [5.74, 6) is -0.502. The van der Waals surface area contributed by atoms with E-state index in [-0.39, 0.29) is 11.3 Å². The molecular formula is C17H18N4O4S. The molecule has 9 heteroatoms. The van der Waals surface area contributed by atoms with Crippen molar-refractivity contribution in [2.45, 2.75) is 13.3 Å². The lowest BCUT2D eigenvalue weighted by Gasteiger charge is -2.08. The van der Waals surface area contributed by atoms with E-state index in [9.17, 15) is 14.9 Å². The van der Waals surface area contributed by atoms with Crippen LogP contribution in [-0.4, -0.2) is 31.1 Å². The molecule has 0 radical (unpaired) electrons. The van der Waals surface area contributed by atoms with Gasteiger partial charge in [0.1, 0.15) is 16.8 Å². The molecule has 0 fully saturated rings. The molecule has 136 valence electrons. The van der Waals surface area contributed by atoms with Crippen LogP contribution >= 0.6 is 11.3 Å². The standard InChI is InChI=1S/C17H18N4O4S/c1-3-13-8-12(10-18)17(26-13)20-16(22)11-4-5-14(19-6-7-25-2)15(9-11)21(23)24/h4-5,8-9,19H,3,6-7H2,1-2H3,(H,20,22). The van der Waals surface area contributed by atoms with Crippen molar-refractivity contribution in [3.8, 4) is 6.07 Å². The van der Waals surface area contributed by atoms with Gasteiger partial charge in [0.15, 0.2) is 0 Å². The smallest absolute Gasteiger partial charge is 0.293 e. The lowest BCUT2D eigenvalue weighted by atomic mass is 10.1. The highest BCUT2D eigenvalue weighted by Gasteiger charge is 2.19.